The third-order valence-electron chi connectivity index (χ3n) is 3.89. The van der Waals surface area contributed by atoms with E-state index in [0.717, 1.165) is 25.7 Å². The van der Waals surface area contributed by atoms with E-state index in [1.54, 1.807) is 20.8 Å². The number of rotatable bonds is 4. The highest BCUT2D eigenvalue weighted by Crippen LogP contribution is 2.31. The lowest BCUT2D eigenvalue weighted by molar-refractivity contribution is -0.132. The molecule has 0 aromatic carbocycles. The number of carbonyl (C=O) groups is 2. The van der Waals surface area contributed by atoms with Crippen LogP contribution in [0.25, 0.3) is 0 Å². The number of hydrogen-bond donors (Lipinski definition) is 3. The van der Waals surface area contributed by atoms with Crippen LogP contribution in [-0.4, -0.2) is 35.6 Å². The summed E-state index contributed by atoms with van der Waals surface area (Å²) in [7, 11) is 0. The van der Waals surface area contributed by atoms with Crippen LogP contribution in [0.15, 0.2) is 0 Å². The number of amides is 2. The first-order chi connectivity index (χ1) is 9.18. The quantitative estimate of drug-likeness (QED) is 0.726. The third-order valence-corrected chi connectivity index (χ3v) is 3.89. The van der Waals surface area contributed by atoms with Gasteiger partial charge in [-0.1, -0.05) is 40.5 Å². The van der Waals surface area contributed by atoms with Gasteiger partial charge in [0.15, 0.2) is 0 Å². The molecule has 0 saturated heterocycles. The van der Waals surface area contributed by atoms with Gasteiger partial charge in [0.05, 0.1) is 18.7 Å². The molecule has 2 unspecified atom stereocenters. The molecule has 2 amide bonds. The van der Waals surface area contributed by atoms with Crippen molar-refractivity contribution in [1.29, 1.82) is 0 Å². The molecule has 1 aliphatic rings. The summed E-state index contributed by atoms with van der Waals surface area (Å²) in [6.45, 7) is 7.47. The zero-order valence-electron chi connectivity index (χ0n) is 13.1. The smallest absolute Gasteiger partial charge is 0.239 e. The van der Waals surface area contributed by atoms with Gasteiger partial charge < -0.3 is 15.7 Å². The lowest BCUT2D eigenvalue weighted by Gasteiger charge is -2.39. The van der Waals surface area contributed by atoms with Gasteiger partial charge >= 0.3 is 0 Å². The molecule has 2 atom stereocenters. The van der Waals surface area contributed by atoms with Crippen molar-refractivity contribution < 1.29 is 14.7 Å². The maximum Gasteiger partial charge on any atom is 0.239 e. The van der Waals surface area contributed by atoms with Crippen LogP contribution in [0, 0.1) is 11.3 Å². The largest absolute Gasteiger partial charge is 0.394 e. The van der Waals surface area contributed by atoms with E-state index in [4.69, 9.17) is 0 Å². The van der Waals surface area contributed by atoms with Crippen LogP contribution >= 0.6 is 0 Å². The molecule has 0 heterocycles. The molecule has 5 heteroatoms. The fourth-order valence-corrected chi connectivity index (χ4v) is 2.72. The van der Waals surface area contributed by atoms with Crippen LogP contribution in [0.2, 0.25) is 0 Å². The minimum atomic E-state index is -0.513. The summed E-state index contributed by atoms with van der Waals surface area (Å²) in [6, 6.07) is 0. The molecule has 116 valence electrons. The van der Waals surface area contributed by atoms with Gasteiger partial charge in [0, 0.05) is 5.41 Å². The molecule has 0 radical (unpaired) electrons. The fraction of sp³-hybridized carbons (Fsp3) is 0.867. The topological polar surface area (TPSA) is 78.4 Å². The molecule has 0 aromatic rings. The molecule has 1 saturated carbocycles. The fourth-order valence-electron chi connectivity index (χ4n) is 2.72. The van der Waals surface area contributed by atoms with Gasteiger partial charge in [-0.05, 0) is 18.8 Å². The van der Waals surface area contributed by atoms with Gasteiger partial charge in [0.2, 0.25) is 11.8 Å². The molecule has 0 aromatic heterocycles. The molecule has 1 rings (SSSR count). The first kappa shape index (κ1) is 17.0. The number of aliphatic hydroxyl groups is 1. The summed E-state index contributed by atoms with van der Waals surface area (Å²) in [5.41, 5.74) is -1.02. The predicted octanol–water partition coefficient (Wildman–Crippen LogP) is 1.21. The minimum absolute atomic E-state index is 0.0355. The minimum Gasteiger partial charge on any atom is -0.394 e. The summed E-state index contributed by atoms with van der Waals surface area (Å²) in [4.78, 5) is 23.7. The Hall–Kier alpha value is -1.10. The van der Waals surface area contributed by atoms with Gasteiger partial charge in [-0.2, -0.15) is 0 Å². The van der Waals surface area contributed by atoms with Crippen molar-refractivity contribution in [1.82, 2.24) is 10.6 Å². The first-order valence-corrected chi connectivity index (χ1v) is 7.39. The van der Waals surface area contributed by atoms with Gasteiger partial charge in [0.1, 0.15) is 0 Å². The van der Waals surface area contributed by atoms with Crippen LogP contribution in [0.3, 0.4) is 0 Å². The van der Waals surface area contributed by atoms with E-state index in [-0.39, 0.29) is 25.0 Å². The van der Waals surface area contributed by atoms with Crippen molar-refractivity contribution in [3.8, 4) is 0 Å². The summed E-state index contributed by atoms with van der Waals surface area (Å²) in [5.74, 6) is 0.119. The van der Waals surface area contributed by atoms with Crippen molar-refractivity contribution in [2.45, 2.75) is 58.9 Å². The molecule has 1 fully saturated rings. The van der Waals surface area contributed by atoms with Gasteiger partial charge in [-0.15, -0.1) is 0 Å². The normalized spacial score (nSPS) is 26.9. The Bertz CT molecular complexity index is 363. The molecule has 20 heavy (non-hydrogen) atoms. The maximum absolute atomic E-state index is 12.0. The highest BCUT2D eigenvalue weighted by molar-refractivity contribution is 5.87. The molecule has 3 N–H and O–H groups in total. The van der Waals surface area contributed by atoms with Gasteiger partial charge in [0.25, 0.3) is 0 Å². The zero-order chi connectivity index (χ0) is 15.4. The molecule has 5 nitrogen and oxygen atoms in total. The van der Waals surface area contributed by atoms with E-state index in [2.05, 4.69) is 17.6 Å². The van der Waals surface area contributed by atoms with Crippen molar-refractivity contribution in [3.63, 3.8) is 0 Å². The van der Waals surface area contributed by atoms with E-state index in [1.165, 1.54) is 0 Å². The van der Waals surface area contributed by atoms with Crippen LogP contribution in [-0.2, 0) is 9.59 Å². The van der Waals surface area contributed by atoms with Crippen LogP contribution in [0.1, 0.15) is 53.4 Å². The maximum atomic E-state index is 12.0. The molecule has 0 aliphatic heterocycles. The van der Waals surface area contributed by atoms with Crippen molar-refractivity contribution in [2.24, 2.45) is 11.3 Å². The molecule has 0 bridgehead atoms. The summed E-state index contributed by atoms with van der Waals surface area (Å²) < 4.78 is 0. The first-order valence-electron chi connectivity index (χ1n) is 7.39. The van der Waals surface area contributed by atoms with E-state index >= 15 is 0 Å². The van der Waals surface area contributed by atoms with E-state index in [1.807, 2.05) is 0 Å². The lowest BCUT2D eigenvalue weighted by atomic mass is 9.77. The second kappa shape index (κ2) is 6.57. The van der Waals surface area contributed by atoms with E-state index in [9.17, 15) is 14.7 Å². The highest BCUT2D eigenvalue weighted by Gasteiger charge is 2.35. The average molecular weight is 284 g/mol. The Balaban J connectivity index is 2.50. The van der Waals surface area contributed by atoms with Crippen molar-refractivity contribution in [2.75, 3.05) is 13.2 Å². The predicted molar refractivity (Wildman–Crippen MR) is 78.1 cm³/mol. The molecule has 1 aliphatic carbocycles. The van der Waals surface area contributed by atoms with Gasteiger partial charge in [-0.3, -0.25) is 9.59 Å². The highest BCUT2D eigenvalue weighted by atomic mass is 16.3. The number of nitrogens with one attached hydrogen (secondary N) is 2. The van der Waals surface area contributed by atoms with Crippen molar-refractivity contribution in [3.05, 3.63) is 0 Å². The molecule has 0 spiro atoms. The SMILES string of the molecule is CC1CCCC(CO)(NC(=O)CNC(=O)C(C)(C)C)C1. The van der Waals surface area contributed by atoms with E-state index in [0.29, 0.717) is 5.92 Å². The number of aliphatic hydroxyl groups excluding tert-OH is 1. The summed E-state index contributed by atoms with van der Waals surface area (Å²) >= 11 is 0. The average Bonchev–Trinajstić information content (AvgIpc) is 2.34. The Kier molecular flexibility index (Phi) is 5.57. The zero-order valence-corrected chi connectivity index (χ0v) is 13.1. The monoisotopic (exact) mass is 284 g/mol. The molecular weight excluding hydrogens is 256 g/mol. The Morgan fingerprint density at radius 1 is 1.35 bits per heavy atom. The van der Waals surface area contributed by atoms with Gasteiger partial charge in [-0.25, -0.2) is 0 Å². The van der Waals surface area contributed by atoms with E-state index < -0.39 is 11.0 Å². The second-order valence-corrected chi connectivity index (χ2v) is 7.12. The summed E-state index contributed by atoms with van der Waals surface area (Å²) in [5, 5.41) is 15.2. The second-order valence-electron chi connectivity index (χ2n) is 7.12. The molecular formula is C15H28N2O3. The van der Waals surface area contributed by atoms with Crippen LogP contribution in [0.4, 0.5) is 0 Å². The Morgan fingerprint density at radius 3 is 2.50 bits per heavy atom. The standard InChI is InChI=1S/C15H28N2O3/c1-11-6-5-7-15(8-11,10-18)17-12(19)9-16-13(20)14(2,3)4/h11,18H,5-10H2,1-4H3,(H,16,20)(H,17,19). The van der Waals surface area contributed by atoms with Crippen LogP contribution in [0.5, 0.6) is 0 Å². The number of hydrogen-bond acceptors (Lipinski definition) is 3. The third kappa shape index (κ3) is 4.78. The van der Waals surface area contributed by atoms with Crippen molar-refractivity contribution >= 4 is 11.8 Å². The Morgan fingerprint density at radius 2 is 2.00 bits per heavy atom. The Labute approximate surface area is 121 Å². The number of carbonyl (C=O) groups excluding carboxylic acids is 2. The summed E-state index contributed by atoms with van der Waals surface area (Å²) in [6.07, 6.45) is 3.74. The lowest BCUT2D eigenvalue weighted by Crippen LogP contribution is -2.56. The van der Waals surface area contributed by atoms with Crippen LogP contribution < -0.4 is 10.6 Å².